The van der Waals surface area contributed by atoms with Crippen LogP contribution in [0, 0.1) is 0 Å². The molecule has 24 heavy (non-hydrogen) atoms. The first-order valence-corrected chi connectivity index (χ1v) is 10.0. The predicted molar refractivity (Wildman–Crippen MR) is 96.3 cm³/mol. The molecule has 2 aliphatic rings. The van der Waals surface area contributed by atoms with Crippen molar-refractivity contribution in [1.29, 1.82) is 0 Å². The third-order valence-corrected chi connectivity index (χ3v) is 5.79. The fourth-order valence-corrected chi connectivity index (χ4v) is 4.32. The van der Waals surface area contributed by atoms with Crippen molar-refractivity contribution >= 4 is 23.2 Å². The molecule has 0 radical (unpaired) electrons. The van der Waals surface area contributed by atoms with Crippen LogP contribution in [0.3, 0.4) is 0 Å². The fraction of sp³-hybridized carbons (Fsp3) is 0.667. The van der Waals surface area contributed by atoms with E-state index in [1.54, 1.807) is 0 Å². The van der Waals surface area contributed by atoms with Gasteiger partial charge in [-0.3, -0.25) is 9.59 Å². The number of carbonyl (C=O) groups excluding carboxylic acids is 2. The van der Waals surface area contributed by atoms with E-state index in [1.165, 1.54) is 37.3 Å². The smallest absolute Gasteiger partial charge is 0.252 e. The molecule has 2 aliphatic heterocycles. The molecule has 0 aromatic carbocycles. The summed E-state index contributed by atoms with van der Waals surface area (Å²) >= 11 is 1.51. The molecule has 0 atom stereocenters. The second-order valence-electron chi connectivity index (χ2n) is 6.73. The Balaban J connectivity index is 1.30. The topological polar surface area (TPSA) is 52.7 Å². The van der Waals surface area contributed by atoms with Crippen LogP contribution in [0.1, 0.15) is 48.9 Å². The Morgan fingerprint density at radius 3 is 2.58 bits per heavy atom. The maximum Gasteiger partial charge on any atom is 0.252 e. The minimum Gasteiger partial charge on any atom is -0.352 e. The van der Waals surface area contributed by atoms with E-state index in [4.69, 9.17) is 0 Å². The molecule has 3 rings (SSSR count). The number of carbonyl (C=O) groups is 2. The first kappa shape index (κ1) is 17.4. The van der Waals surface area contributed by atoms with Gasteiger partial charge in [-0.25, -0.2) is 0 Å². The van der Waals surface area contributed by atoms with Crippen LogP contribution >= 0.6 is 11.3 Å². The summed E-state index contributed by atoms with van der Waals surface area (Å²) in [6, 6.07) is 2.50. The van der Waals surface area contributed by atoms with Crippen molar-refractivity contribution in [3.63, 3.8) is 0 Å². The lowest BCUT2D eigenvalue weighted by Gasteiger charge is -2.36. The summed E-state index contributed by atoms with van der Waals surface area (Å²) in [4.78, 5) is 28.7. The SMILES string of the molecule is O=C(NCCCC(=O)N1CCC(N2CCCC2)CC1)c1ccsc1. The lowest BCUT2D eigenvalue weighted by molar-refractivity contribution is -0.132. The maximum absolute atomic E-state index is 12.3. The van der Waals surface area contributed by atoms with E-state index in [9.17, 15) is 9.59 Å². The highest BCUT2D eigenvalue weighted by Crippen LogP contribution is 2.21. The highest BCUT2D eigenvalue weighted by atomic mass is 32.1. The lowest BCUT2D eigenvalue weighted by Crippen LogP contribution is -2.46. The molecule has 0 aliphatic carbocycles. The monoisotopic (exact) mass is 349 g/mol. The van der Waals surface area contributed by atoms with E-state index in [2.05, 4.69) is 10.2 Å². The van der Waals surface area contributed by atoms with Crippen LogP contribution in [-0.4, -0.2) is 60.4 Å². The number of hydrogen-bond donors (Lipinski definition) is 1. The van der Waals surface area contributed by atoms with Gasteiger partial charge in [0.1, 0.15) is 0 Å². The average Bonchev–Trinajstić information content (AvgIpc) is 3.32. The molecule has 2 fully saturated rings. The zero-order valence-electron chi connectivity index (χ0n) is 14.2. The van der Waals surface area contributed by atoms with E-state index in [0.29, 0.717) is 31.0 Å². The Labute approximate surface area is 148 Å². The molecule has 0 unspecified atom stereocenters. The Morgan fingerprint density at radius 1 is 1.17 bits per heavy atom. The predicted octanol–water partition coefficient (Wildman–Crippen LogP) is 2.34. The van der Waals surface area contributed by atoms with Crippen molar-refractivity contribution in [3.05, 3.63) is 22.4 Å². The molecule has 0 spiro atoms. The molecule has 1 aromatic rings. The molecular formula is C18H27N3O2S. The van der Waals surface area contributed by atoms with Crippen molar-refractivity contribution in [3.8, 4) is 0 Å². The molecular weight excluding hydrogens is 322 g/mol. The number of nitrogens with one attached hydrogen (secondary N) is 1. The minimum absolute atomic E-state index is 0.0462. The van der Waals surface area contributed by atoms with Crippen molar-refractivity contribution in [2.45, 2.75) is 44.6 Å². The Hall–Kier alpha value is -1.40. The highest BCUT2D eigenvalue weighted by Gasteiger charge is 2.27. The lowest BCUT2D eigenvalue weighted by atomic mass is 10.0. The normalized spacial score (nSPS) is 19.6. The van der Waals surface area contributed by atoms with Gasteiger partial charge >= 0.3 is 0 Å². The molecule has 5 nitrogen and oxygen atoms in total. The molecule has 1 N–H and O–H groups in total. The van der Waals surface area contributed by atoms with Crippen LogP contribution in [0.25, 0.3) is 0 Å². The molecule has 2 saturated heterocycles. The summed E-state index contributed by atoms with van der Waals surface area (Å²) < 4.78 is 0. The zero-order valence-corrected chi connectivity index (χ0v) is 15.0. The molecule has 3 heterocycles. The standard InChI is InChI=1S/C18H27N3O2S/c22-17(4-3-8-19-18(23)15-7-13-24-14-15)21-11-5-16(6-12-21)20-9-1-2-10-20/h7,13-14,16H,1-6,8-12H2,(H,19,23). The van der Waals surface area contributed by atoms with Gasteiger partial charge in [0.25, 0.3) is 5.91 Å². The fourth-order valence-electron chi connectivity index (χ4n) is 3.68. The first-order chi connectivity index (χ1) is 11.7. The molecule has 132 valence electrons. The number of nitrogens with zero attached hydrogens (tertiary/aromatic N) is 2. The number of thiophene rings is 1. The van der Waals surface area contributed by atoms with Crippen LogP contribution in [0.2, 0.25) is 0 Å². The van der Waals surface area contributed by atoms with Gasteiger partial charge in [0, 0.05) is 43.0 Å². The second-order valence-corrected chi connectivity index (χ2v) is 7.51. The Bertz CT molecular complexity index is 532. The van der Waals surface area contributed by atoms with Crippen LogP contribution in [0.5, 0.6) is 0 Å². The summed E-state index contributed by atoms with van der Waals surface area (Å²) in [7, 11) is 0. The van der Waals surface area contributed by atoms with Gasteiger partial charge in [0.2, 0.25) is 5.91 Å². The van der Waals surface area contributed by atoms with E-state index in [1.807, 2.05) is 21.7 Å². The Kier molecular flexibility index (Phi) is 6.26. The van der Waals surface area contributed by atoms with Crippen LogP contribution in [0.4, 0.5) is 0 Å². The largest absolute Gasteiger partial charge is 0.352 e. The molecule has 2 amide bonds. The first-order valence-electron chi connectivity index (χ1n) is 9.06. The van der Waals surface area contributed by atoms with Gasteiger partial charge in [-0.1, -0.05) is 0 Å². The van der Waals surface area contributed by atoms with Crippen molar-refractivity contribution in [2.24, 2.45) is 0 Å². The molecule has 6 heteroatoms. The van der Waals surface area contributed by atoms with Gasteiger partial charge in [-0.15, -0.1) is 0 Å². The van der Waals surface area contributed by atoms with Gasteiger partial charge in [-0.2, -0.15) is 11.3 Å². The van der Waals surface area contributed by atoms with Gasteiger partial charge in [0.15, 0.2) is 0 Å². The molecule has 1 aromatic heterocycles. The van der Waals surface area contributed by atoms with E-state index < -0.39 is 0 Å². The summed E-state index contributed by atoms with van der Waals surface area (Å²) in [5, 5.41) is 6.61. The van der Waals surface area contributed by atoms with E-state index >= 15 is 0 Å². The van der Waals surface area contributed by atoms with Gasteiger partial charge in [-0.05, 0) is 56.6 Å². The van der Waals surface area contributed by atoms with Crippen LogP contribution in [-0.2, 0) is 4.79 Å². The second kappa shape index (κ2) is 8.62. The van der Waals surface area contributed by atoms with Gasteiger partial charge in [0.05, 0.1) is 0 Å². The minimum atomic E-state index is -0.0462. The number of rotatable bonds is 6. The van der Waals surface area contributed by atoms with E-state index in [0.717, 1.165) is 25.9 Å². The molecule has 0 bridgehead atoms. The average molecular weight is 350 g/mol. The third-order valence-electron chi connectivity index (χ3n) is 5.11. The summed E-state index contributed by atoms with van der Waals surface area (Å²) in [5.74, 6) is 0.190. The number of hydrogen-bond acceptors (Lipinski definition) is 4. The Morgan fingerprint density at radius 2 is 1.92 bits per heavy atom. The summed E-state index contributed by atoms with van der Waals surface area (Å²) in [5.41, 5.74) is 0.704. The van der Waals surface area contributed by atoms with Crippen molar-refractivity contribution < 1.29 is 9.59 Å². The van der Waals surface area contributed by atoms with Gasteiger partial charge < -0.3 is 15.1 Å². The third kappa shape index (κ3) is 4.57. The highest BCUT2D eigenvalue weighted by molar-refractivity contribution is 7.08. The van der Waals surface area contributed by atoms with Crippen LogP contribution < -0.4 is 5.32 Å². The maximum atomic E-state index is 12.3. The number of piperidine rings is 1. The van der Waals surface area contributed by atoms with Crippen molar-refractivity contribution in [2.75, 3.05) is 32.7 Å². The quantitative estimate of drug-likeness (QED) is 0.802. The summed E-state index contributed by atoms with van der Waals surface area (Å²) in [6.07, 6.45) is 6.12. The van der Waals surface area contributed by atoms with Crippen molar-refractivity contribution in [1.82, 2.24) is 15.1 Å². The number of amides is 2. The van der Waals surface area contributed by atoms with E-state index in [-0.39, 0.29) is 11.8 Å². The van der Waals surface area contributed by atoms with Crippen LogP contribution in [0.15, 0.2) is 16.8 Å². The molecule has 0 saturated carbocycles. The zero-order chi connectivity index (χ0) is 16.8. The summed E-state index contributed by atoms with van der Waals surface area (Å²) in [6.45, 7) is 4.82. The number of likely N-dealkylation sites (tertiary alicyclic amines) is 2.